The minimum absolute atomic E-state index is 0.267. The van der Waals surface area contributed by atoms with Crippen LogP contribution in [-0.2, 0) is 4.79 Å². The van der Waals surface area contributed by atoms with E-state index in [0.717, 1.165) is 4.90 Å². The summed E-state index contributed by atoms with van der Waals surface area (Å²) in [4.78, 5) is 34.3. The summed E-state index contributed by atoms with van der Waals surface area (Å²) < 4.78 is 0. The normalized spacial score (nSPS) is 12.9. The third-order valence-corrected chi connectivity index (χ3v) is 2.17. The Labute approximate surface area is 98.7 Å². The number of imide groups is 1. The van der Waals surface area contributed by atoms with Gasteiger partial charge in [0.25, 0.3) is 11.8 Å². The van der Waals surface area contributed by atoms with Gasteiger partial charge in [0.1, 0.15) is 6.54 Å². The Morgan fingerprint density at radius 1 is 1.12 bits per heavy atom. The van der Waals surface area contributed by atoms with Gasteiger partial charge in [0, 0.05) is 0 Å². The number of benzene rings is 1. The second kappa shape index (κ2) is 5.25. The van der Waals surface area contributed by atoms with Gasteiger partial charge in [-0.25, -0.2) is 0 Å². The lowest BCUT2D eigenvalue weighted by atomic mass is 10.1. The van der Waals surface area contributed by atoms with Gasteiger partial charge in [-0.15, -0.1) is 0 Å². The largest absolute Gasteiger partial charge is 0.480 e. The molecule has 0 aliphatic carbocycles. The van der Waals surface area contributed by atoms with Crippen molar-refractivity contribution in [3.05, 3.63) is 35.4 Å². The number of hydrogen-bond donors (Lipinski definition) is 1. The zero-order valence-corrected chi connectivity index (χ0v) is 9.64. The molecule has 0 fully saturated rings. The summed E-state index contributed by atoms with van der Waals surface area (Å²) in [5.41, 5.74) is 0.535. The van der Waals surface area contributed by atoms with E-state index >= 15 is 0 Å². The molecule has 0 aromatic heterocycles. The van der Waals surface area contributed by atoms with Crippen LogP contribution in [0, 0.1) is 0 Å². The molecule has 0 atom stereocenters. The van der Waals surface area contributed by atoms with Crippen LogP contribution in [0.4, 0.5) is 0 Å². The van der Waals surface area contributed by atoms with Crippen molar-refractivity contribution in [2.24, 2.45) is 0 Å². The first-order valence-electron chi connectivity index (χ1n) is 5.28. The van der Waals surface area contributed by atoms with Crippen LogP contribution in [0.15, 0.2) is 24.3 Å². The molecule has 0 saturated heterocycles. The van der Waals surface area contributed by atoms with Gasteiger partial charge in [0.2, 0.25) is 0 Å². The zero-order chi connectivity index (χ0) is 13.0. The van der Waals surface area contributed by atoms with Gasteiger partial charge in [-0.3, -0.25) is 19.3 Å². The molecule has 5 heteroatoms. The number of carboxylic acids is 1. The highest BCUT2D eigenvalue weighted by Crippen LogP contribution is 2.21. The fraction of sp³-hybridized carbons (Fsp3) is 0.250. The number of carboxylic acid groups (broad SMARTS) is 1. The summed E-state index contributed by atoms with van der Waals surface area (Å²) in [5, 5.41) is 8.54. The third kappa shape index (κ3) is 2.33. The lowest BCUT2D eigenvalue weighted by Gasteiger charge is -2.09. The maximum atomic E-state index is 11.6. The SMILES string of the molecule is CC.O=C(O)CN1C(=O)c2ccccc2C1=O. The van der Waals surface area contributed by atoms with Crippen molar-refractivity contribution in [1.29, 1.82) is 0 Å². The molecule has 1 N–H and O–H groups in total. The van der Waals surface area contributed by atoms with E-state index in [9.17, 15) is 14.4 Å². The zero-order valence-electron chi connectivity index (χ0n) is 9.64. The second-order valence-corrected chi connectivity index (χ2v) is 3.14. The summed E-state index contributed by atoms with van der Waals surface area (Å²) in [6, 6.07) is 6.29. The number of carbonyl (C=O) groups is 3. The maximum absolute atomic E-state index is 11.6. The summed E-state index contributed by atoms with van der Waals surface area (Å²) in [6.07, 6.45) is 0. The Hall–Kier alpha value is -2.17. The molecule has 0 unspecified atom stereocenters. The molecule has 0 bridgehead atoms. The molecule has 2 amide bonds. The highest BCUT2D eigenvalue weighted by molar-refractivity contribution is 6.22. The standard InChI is InChI=1S/C10H7NO4.C2H6/c12-8(13)5-11-9(14)6-3-1-2-4-7(6)10(11)15;1-2/h1-4H,5H2,(H,12,13);1-2H3. The first kappa shape index (κ1) is 12.9. The third-order valence-electron chi connectivity index (χ3n) is 2.17. The maximum Gasteiger partial charge on any atom is 0.323 e. The number of nitrogens with zero attached hydrogens (tertiary/aromatic N) is 1. The van der Waals surface area contributed by atoms with Crippen LogP contribution in [0.1, 0.15) is 34.6 Å². The van der Waals surface area contributed by atoms with Gasteiger partial charge in [0.05, 0.1) is 11.1 Å². The highest BCUT2D eigenvalue weighted by Gasteiger charge is 2.35. The lowest BCUT2D eigenvalue weighted by molar-refractivity contribution is -0.137. The van der Waals surface area contributed by atoms with Crippen LogP contribution in [0.25, 0.3) is 0 Å². The number of carbonyl (C=O) groups excluding carboxylic acids is 2. The van der Waals surface area contributed by atoms with E-state index in [4.69, 9.17) is 5.11 Å². The number of amides is 2. The highest BCUT2D eigenvalue weighted by atomic mass is 16.4. The summed E-state index contributed by atoms with van der Waals surface area (Å²) >= 11 is 0. The monoisotopic (exact) mass is 235 g/mol. The van der Waals surface area contributed by atoms with Crippen LogP contribution >= 0.6 is 0 Å². The van der Waals surface area contributed by atoms with E-state index in [-0.39, 0.29) is 11.1 Å². The van der Waals surface area contributed by atoms with E-state index in [1.807, 2.05) is 13.8 Å². The fourth-order valence-corrected chi connectivity index (χ4v) is 1.52. The lowest BCUT2D eigenvalue weighted by Crippen LogP contribution is -2.34. The minimum Gasteiger partial charge on any atom is -0.480 e. The van der Waals surface area contributed by atoms with E-state index in [1.54, 1.807) is 12.1 Å². The molecule has 90 valence electrons. The second-order valence-electron chi connectivity index (χ2n) is 3.14. The molecule has 1 aliphatic rings. The molecule has 0 saturated carbocycles. The first-order valence-corrected chi connectivity index (χ1v) is 5.28. The molecule has 0 radical (unpaired) electrons. The molecular formula is C12H13NO4. The summed E-state index contributed by atoms with van der Waals surface area (Å²) in [7, 11) is 0. The molecule has 1 aromatic rings. The Morgan fingerprint density at radius 3 is 1.88 bits per heavy atom. The van der Waals surface area contributed by atoms with E-state index < -0.39 is 24.3 Å². The number of hydrogen-bond acceptors (Lipinski definition) is 3. The molecule has 5 nitrogen and oxygen atoms in total. The van der Waals surface area contributed by atoms with Crippen molar-refractivity contribution in [1.82, 2.24) is 4.90 Å². The van der Waals surface area contributed by atoms with Crippen molar-refractivity contribution < 1.29 is 19.5 Å². The van der Waals surface area contributed by atoms with Gasteiger partial charge in [0.15, 0.2) is 0 Å². The predicted molar refractivity (Wildman–Crippen MR) is 60.8 cm³/mol. The number of aliphatic carboxylic acids is 1. The predicted octanol–water partition coefficient (Wildman–Crippen LogP) is 1.39. The van der Waals surface area contributed by atoms with Crippen molar-refractivity contribution >= 4 is 17.8 Å². The van der Waals surface area contributed by atoms with Gasteiger partial charge in [-0.05, 0) is 12.1 Å². The topological polar surface area (TPSA) is 74.7 Å². The molecule has 1 heterocycles. The van der Waals surface area contributed by atoms with E-state index in [1.165, 1.54) is 12.1 Å². The fourth-order valence-electron chi connectivity index (χ4n) is 1.52. The Morgan fingerprint density at radius 2 is 1.53 bits per heavy atom. The Kier molecular flexibility index (Phi) is 3.98. The molecule has 1 aromatic carbocycles. The van der Waals surface area contributed by atoms with Gasteiger partial charge in [-0.1, -0.05) is 26.0 Å². The van der Waals surface area contributed by atoms with Gasteiger partial charge >= 0.3 is 5.97 Å². The molecular weight excluding hydrogens is 222 g/mol. The quantitative estimate of drug-likeness (QED) is 0.786. The Bertz CT molecular complexity index is 432. The molecule has 0 spiro atoms. The van der Waals surface area contributed by atoms with Crippen LogP contribution in [0.2, 0.25) is 0 Å². The van der Waals surface area contributed by atoms with Crippen molar-refractivity contribution in [2.45, 2.75) is 13.8 Å². The summed E-state index contributed by atoms with van der Waals surface area (Å²) in [5.74, 6) is -2.29. The van der Waals surface area contributed by atoms with Crippen LogP contribution in [-0.4, -0.2) is 34.3 Å². The molecule has 1 aliphatic heterocycles. The Balaban J connectivity index is 0.000000686. The molecule has 2 rings (SSSR count). The average Bonchev–Trinajstić information content (AvgIpc) is 2.57. The number of fused-ring (bicyclic) bond motifs is 1. The van der Waals surface area contributed by atoms with Gasteiger partial charge < -0.3 is 5.11 Å². The van der Waals surface area contributed by atoms with E-state index in [0.29, 0.717) is 0 Å². The van der Waals surface area contributed by atoms with Crippen molar-refractivity contribution in [2.75, 3.05) is 6.54 Å². The minimum atomic E-state index is -1.20. The summed E-state index contributed by atoms with van der Waals surface area (Å²) in [6.45, 7) is 3.41. The van der Waals surface area contributed by atoms with Crippen molar-refractivity contribution in [3.8, 4) is 0 Å². The smallest absolute Gasteiger partial charge is 0.323 e. The average molecular weight is 235 g/mol. The molecule has 17 heavy (non-hydrogen) atoms. The van der Waals surface area contributed by atoms with Crippen LogP contribution < -0.4 is 0 Å². The number of rotatable bonds is 2. The van der Waals surface area contributed by atoms with Crippen molar-refractivity contribution in [3.63, 3.8) is 0 Å². The first-order chi connectivity index (χ1) is 8.11. The van der Waals surface area contributed by atoms with Gasteiger partial charge in [-0.2, -0.15) is 0 Å². The van der Waals surface area contributed by atoms with Crippen LogP contribution in [0.3, 0.4) is 0 Å². The van der Waals surface area contributed by atoms with Crippen LogP contribution in [0.5, 0.6) is 0 Å². The van der Waals surface area contributed by atoms with E-state index in [2.05, 4.69) is 0 Å².